The Morgan fingerprint density at radius 1 is 1.04 bits per heavy atom. The molecule has 2 aromatic carbocycles. The Labute approximate surface area is 172 Å². The molecule has 0 N–H and O–H groups in total. The van der Waals surface area contributed by atoms with Crippen molar-refractivity contribution in [3.63, 3.8) is 0 Å². The molecule has 28 heavy (non-hydrogen) atoms. The lowest BCUT2D eigenvalue weighted by molar-refractivity contribution is 0.186. The summed E-state index contributed by atoms with van der Waals surface area (Å²) in [6.07, 6.45) is 3.52. The average molecular weight is 395 g/mol. The molecule has 145 valence electrons. The monoisotopic (exact) mass is 394 g/mol. The third kappa shape index (κ3) is 5.05. The lowest BCUT2D eigenvalue weighted by Crippen LogP contribution is -2.10. The van der Waals surface area contributed by atoms with Crippen LogP contribution in [-0.4, -0.2) is 4.98 Å². The summed E-state index contributed by atoms with van der Waals surface area (Å²) in [6, 6.07) is 18.9. The topological polar surface area (TPSA) is 42.0 Å². The van der Waals surface area contributed by atoms with Gasteiger partial charge in [0.05, 0.1) is 11.4 Å². The number of hydrogen-bond donors (Lipinski definition) is 0. The van der Waals surface area contributed by atoms with Crippen molar-refractivity contribution in [2.45, 2.75) is 45.6 Å². The summed E-state index contributed by atoms with van der Waals surface area (Å²) in [5, 5.41) is 12.6. The van der Waals surface area contributed by atoms with Crippen LogP contribution in [0.1, 0.15) is 50.5 Å². The molecule has 0 bridgehead atoms. The number of rotatable bonds is 8. The molecular formula is C24H25ClNO2. The summed E-state index contributed by atoms with van der Waals surface area (Å²) < 4.78 is 6.29. The van der Waals surface area contributed by atoms with E-state index in [2.05, 4.69) is 6.92 Å². The van der Waals surface area contributed by atoms with E-state index < -0.39 is 0 Å². The standard InChI is InChI=1S/C24H25ClNO2/c1-3-5-9-24(28-20-14-15-23(27)17(4-2)16-20)22-8-6-7-21(26-22)18-10-12-19(25)13-11-18/h6-8,10-16,24H,3-5,9H2,1-2H3. The Bertz CT molecular complexity index is 909. The SMILES string of the molecule is CCCCC(Oc1ccc([O])c(CC)c1)c1cccc(-c2ccc(Cl)cc2)n1. The van der Waals surface area contributed by atoms with Crippen LogP contribution in [0.3, 0.4) is 0 Å². The van der Waals surface area contributed by atoms with Crippen molar-refractivity contribution in [3.8, 4) is 22.8 Å². The van der Waals surface area contributed by atoms with Crippen molar-refractivity contribution >= 4 is 11.6 Å². The van der Waals surface area contributed by atoms with Crippen LogP contribution < -0.4 is 4.74 Å². The van der Waals surface area contributed by atoms with Crippen molar-refractivity contribution in [2.24, 2.45) is 0 Å². The number of nitrogens with zero attached hydrogens (tertiary/aromatic N) is 1. The van der Waals surface area contributed by atoms with Gasteiger partial charge in [0.25, 0.3) is 0 Å². The molecule has 0 amide bonds. The second kappa shape index (κ2) is 9.61. The van der Waals surface area contributed by atoms with Gasteiger partial charge in [-0.1, -0.05) is 50.1 Å². The Hall–Kier alpha value is -2.52. The Kier molecular flexibility index (Phi) is 6.94. The van der Waals surface area contributed by atoms with E-state index in [-0.39, 0.29) is 11.9 Å². The van der Waals surface area contributed by atoms with Crippen LogP contribution >= 0.6 is 11.6 Å². The molecule has 1 radical (unpaired) electrons. The van der Waals surface area contributed by atoms with E-state index in [4.69, 9.17) is 21.3 Å². The molecule has 1 unspecified atom stereocenters. The van der Waals surface area contributed by atoms with E-state index in [0.29, 0.717) is 11.4 Å². The first-order chi connectivity index (χ1) is 13.6. The van der Waals surface area contributed by atoms with E-state index >= 15 is 0 Å². The predicted octanol–water partition coefficient (Wildman–Crippen LogP) is 7.42. The van der Waals surface area contributed by atoms with Gasteiger partial charge in [-0.05, 0) is 61.7 Å². The lowest BCUT2D eigenvalue weighted by Gasteiger charge is -2.20. The number of benzene rings is 2. The summed E-state index contributed by atoms with van der Waals surface area (Å²) >= 11 is 6.00. The van der Waals surface area contributed by atoms with Crippen LogP contribution in [0.15, 0.2) is 60.7 Å². The van der Waals surface area contributed by atoms with Gasteiger partial charge in [-0.25, -0.2) is 4.98 Å². The zero-order valence-electron chi connectivity index (χ0n) is 16.3. The first-order valence-electron chi connectivity index (χ1n) is 9.80. The van der Waals surface area contributed by atoms with Crippen molar-refractivity contribution < 1.29 is 9.84 Å². The van der Waals surface area contributed by atoms with Gasteiger partial charge in [0, 0.05) is 16.1 Å². The van der Waals surface area contributed by atoms with Gasteiger partial charge in [-0.3, -0.25) is 5.11 Å². The van der Waals surface area contributed by atoms with E-state index in [9.17, 15) is 5.11 Å². The number of unbranched alkanes of at least 4 members (excludes halogenated alkanes) is 1. The summed E-state index contributed by atoms with van der Waals surface area (Å²) in [4.78, 5) is 4.85. The van der Waals surface area contributed by atoms with E-state index in [1.165, 1.54) is 0 Å². The van der Waals surface area contributed by atoms with E-state index in [0.717, 1.165) is 47.5 Å². The largest absolute Gasteiger partial charge is 0.484 e. The molecule has 0 spiro atoms. The highest BCUT2D eigenvalue weighted by Crippen LogP contribution is 2.30. The zero-order chi connectivity index (χ0) is 19.9. The van der Waals surface area contributed by atoms with Crippen LogP contribution in [0, 0.1) is 0 Å². The Morgan fingerprint density at radius 2 is 1.82 bits per heavy atom. The number of ether oxygens (including phenoxy) is 1. The fraction of sp³-hybridized carbons (Fsp3) is 0.292. The van der Waals surface area contributed by atoms with Gasteiger partial charge in [0.1, 0.15) is 11.9 Å². The summed E-state index contributed by atoms with van der Waals surface area (Å²) in [6.45, 7) is 4.14. The van der Waals surface area contributed by atoms with Crippen molar-refractivity contribution in [1.82, 2.24) is 4.98 Å². The van der Waals surface area contributed by atoms with Crippen LogP contribution in [0.2, 0.25) is 5.02 Å². The molecule has 4 heteroatoms. The molecule has 0 saturated carbocycles. The average Bonchev–Trinajstić information content (AvgIpc) is 2.73. The minimum atomic E-state index is -0.158. The van der Waals surface area contributed by atoms with E-state index in [1.54, 1.807) is 12.1 Å². The molecule has 3 nitrogen and oxygen atoms in total. The molecule has 0 aliphatic rings. The minimum absolute atomic E-state index is 0.0582. The normalized spacial score (nSPS) is 12.0. The van der Waals surface area contributed by atoms with Crippen molar-refractivity contribution in [2.75, 3.05) is 0 Å². The highest BCUT2D eigenvalue weighted by atomic mass is 35.5. The fourth-order valence-electron chi connectivity index (χ4n) is 3.14. The Morgan fingerprint density at radius 3 is 2.54 bits per heavy atom. The quantitative estimate of drug-likeness (QED) is 0.399. The van der Waals surface area contributed by atoms with Gasteiger partial charge >= 0.3 is 0 Å². The van der Waals surface area contributed by atoms with Crippen LogP contribution in [0.25, 0.3) is 11.3 Å². The minimum Gasteiger partial charge on any atom is -0.484 e. The van der Waals surface area contributed by atoms with Crippen LogP contribution in [0.5, 0.6) is 11.5 Å². The van der Waals surface area contributed by atoms with Gasteiger partial charge < -0.3 is 4.74 Å². The number of pyridine rings is 1. The second-order valence-electron chi connectivity index (χ2n) is 6.83. The molecule has 1 aromatic heterocycles. The number of aromatic nitrogens is 1. The number of halogens is 1. The molecule has 0 saturated heterocycles. The second-order valence-corrected chi connectivity index (χ2v) is 7.26. The maximum atomic E-state index is 11.9. The fourth-order valence-corrected chi connectivity index (χ4v) is 3.26. The summed E-state index contributed by atoms with van der Waals surface area (Å²) in [5.41, 5.74) is 3.58. The highest BCUT2D eigenvalue weighted by molar-refractivity contribution is 6.30. The molecule has 0 fully saturated rings. The maximum absolute atomic E-state index is 11.9. The lowest BCUT2D eigenvalue weighted by atomic mass is 10.1. The smallest absolute Gasteiger partial charge is 0.182 e. The van der Waals surface area contributed by atoms with Crippen LogP contribution in [-0.2, 0) is 11.5 Å². The van der Waals surface area contributed by atoms with Crippen molar-refractivity contribution in [3.05, 3.63) is 76.9 Å². The zero-order valence-corrected chi connectivity index (χ0v) is 17.1. The van der Waals surface area contributed by atoms with Gasteiger partial charge in [-0.15, -0.1) is 0 Å². The molecule has 0 aliphatic carbocycles. The third-order valence-corrected chi connectivity index (χ3v) is 5.00. The summed E-state index contributed by atoms with van der Waals surface area (Å²) in [7, 11) is 0. The first-order valence-corrected chi connectivity index (χ1v) is 10.2. The molecule has 0 aliphatic heterocycles. The number of aryl methyl sites for hydroxylation is 1. The molecule has 1 atom stereocenters. The van der Waals surface area contributed by atoms with E-state index in [1.807, 2.05) is 55.5 Å². The number of hydrogen-bond acceptors (Lipinski definition) is 2. The highest BCUT2D eigenvalue weighted by Gasteiger charge is 2.16. The van der Waals surface area contributed by atoms with Gasteiger partial charge in [0.15, 0.2) is 5.75 Å². The summed E-state index contributed by atoms with van der Waals surface area (Å²) in [5.74, 6) is 0.777. The van der Waals surface area contributed by atoms with Gasteiger partial charge in [-0.2, -0.15) is 0 Å². The molecule has 1 heterocycles. The predicted molar refractivity (Wildman–Crippen MR) is 114 cm³/mol. The molecule has 3 aromatic rings. The maximum Gasteiger partial charge on any atom is 0.182 e. The van der Waals surface area contributed by atoms with Crippen LogP contribution in [0.4, 0.5) is 0 Å². The molecule has 3 rings (SSSR count). The van der Waals surface area contributed by atoms with Gasteiger partial charge in [0.2, 0.25) is 0 Å². The first kappa shape index (κ1) is 20.2. The van der Waals surface area contributed by atoms with Crippen molar-refractivity contribution in [1.29, 1.82) is 0 Å². The third-order valence-electron chi connectivity index (χ3n) is 4.75. The Balaban J connectivity index is 1.89. The molecular weight excluding hydrogens is 370 g/mol.